The molecule has 6 aromatic carbocycles. The molecule has 0 radical (unpaired) electrons. The maximum atomic E-state index is 12.0. The summed E-state index contributed by atoms with van der Waals surface area (Å²) in [7, 11) is 0. The van der Waals surface area contributed by atoms with Crippen LogP contribution in [0.1, 0.15) is 40.3 Å². The van der Waals surface area contributed by atoms with E-state index in [2.05, 4.69) is 78.1 Å². The Hall–Kier alpha value is -5.61. The molecule has 280 valence electrons. The first-order valence-corrected chi connectivity index (χ1v) is 19.9. The van der Waals surface area contributed by atoms with Gasteiger partial charge in [0.1, 0.15) is 6.04 Å². The molecule has 2 atom stereocenters. The van der Waals surface area contributed by atoms with Gasteiger partial charge in [-0.05, 0) is 33.4 Å². The molecular formula is C46H46N4O3S2. The van der Waals surface area contributed by atoms with Crippen LogP contribution in [0.4, 0.5) is 0 Å². The third-order valence-electron chi connectivity index (χ3n) is 9.11. The predicted octanol–water partition coefficient (Wildman–Crippen LogP) is 7.23. The summed E-state index contributed by atoms with van der Waals surface area (Å²) in [4.78, 5) is 35.0. The van der Waals surface area contributed by atoms with Gasteiger partial charge in [0.2, 0.25) is 17.7 Å². The molecule has 0 bridgehead atoms. The van der Waals surface area contributed by atoms with Gasteiger partial charge in [-0.3, -0.25) is 14.4 Å². The van der Waals surface area contributed by atoms with Crippen LogP contribution in [0, 0.1) is 0 Å². The fourth-order valence-corrected chi connectivity index (χ4v) is 9.56. The van der Waals surface area contributed by atoms with Crippen LogP contribution >= 0.6 is 23.5 Å². The topological polar surface area (TPSA) is 141 Å². The molecule has 0 saturated carbocycles. The molecule has 0 unspecified atom stereocenters. The van der Waals surface area contributed by atoms with Crippen molar-refractivity contribution in [2.75, 3.05) is 11.5 Å². The molecule has 7 nitrogen and oxygen atoms in total. The quantitative estimate of drug-likeness (QED) is 0.0814. The van der Waals surface area contributed by atoms with Crippen molar-refractivity contribution in [2.45, 2.75) is 28.5 Å². The molecule has 6 aromatic rings. The van der Waals surface area contributed by atoms with E-state index in [0.29, 0.717) is 11.5 Å². The standard InChI is InChI=1S/C24H24N2O2S.C22H22N2OS/c1-18(27)26-22(23(25)28)17-29-24(19-11-5-2-6-12-19,20-13-7-3-8-14-20)21-15-9-4-10-16-21;23-20(21(24)25)16-26-22(17-10-4-1-5-11-17,18-12-6-2-7-13-18)19-14-8-3-9-15-19/h2-16,22H,17H2,1H3,(H2,25,28)(H,26,27);1-15,20H,16,23H2,(H2,24,25)/t22-;20-/m00/s1. The Morgan fingerprint density at radius 2 is 0.727 bits per heavy atom. The smallest absolute Gasteiger partial charge is 0.240 e. The van der Waals surface area contributed by atoms with Gasteiger partial charge < -0.3 is 22.5 Å². The van der Waals surface area contributed by atoms with Gasteiger partial charge in [0.25, 0.3) is 0 Å². The summed E-state index contributed by atoms with van der Waals surface area (Å²) in [5, 5.41) is 2.67. The van der Waals surface area contributed by atoms with Gasteiger partial charge in [-0.2, -0.15) is 0 Å². The van der Waals surface area contributed by atoms with Crippen LogP contribution in [0.5, 0.6) is 0 Å². The Bertz CT molecular complexity index is 1900. The number of primary amides is 2. The molecule has 0 saturated heterocycles. The summed E-state index contributed by atoms with van der Waals surface area (Å²) in [6.07, 6.45) is 0. The maximum Gasteiger partial charge on any atom is 0.240 e. The molecule has 0 aliphatic carbocycles. The number of rotatable bonds is 15. The highest BCUT2D eigenvalue weighted by atomic mass is 32.2. The van der Waals surface area contributed by atoms with Crippen LogP contribution in [0.3, 0.4) is 0 Å². The Morgan fingerprint density at radius 3 is 0.945 bits per heavy atom. The monoisotopic (exact) mass is 766 g/mol. The molecule has 0 aromatic heterocycles. The minimum atomic E-state index is -0.756. The Morgan fingerprint density at radius 1 is 0.473 bits per heavy atom. The van der Waals surface area contributed by atoms with Crippen LogP contribution in [-0.4, -0.2) is 41.3 Å². The molecular weight excluding hydrogens is 721 g/mol. The molecule has 0 fully saturated rings. The zero-order valence-electron chi connectivity index (χ0n) is 30.7. The minimum absolute atomic E-state index is 0.279. The SMILES string of the molecule is CC(=O)N[C@@H](CSC(c1ccccc1)(c1ccccc1)c1ccccc1)C(N)=O.NC(=O)[C@@H](N)CSC(c1ccccc1)(c1ccccc1)c1ccccc1. The van der Waals surface area contributed by atoms with Crippen molar-refractivity contribution in [1.82, 2.24) is 5.32 Å². The van der Waals surface area contributed by atoms with E-state index in [1.165, 1.54) is 6.92 Å². The normalized spacial score (nSPS) is 12.3. The van der Waals surface area contributed by atoms with E-state index < -0.39 is 33.4 Å². The number of thioether (sulfide) groups is 2. The van der Waals surface area contributed by atoms with E-state index >= 15 is 0 Å². The van der Waals surface area contributed by atoms with Crippen molar-refractivity contribution >= 4 is 41.2 Å². The van der Waals surface area contributed by atoms with Gasteiger partial charge in [0, 0.05) is 18.4 Å². The zero-order valence-corrected chi connectivity index (χ0v) is 32.3. The van der Waals surface area contributed by atoms with Crippen LogP contribution < -0.4 is 22.5 Å². The fourth-order valence-electron chi connectivity index (χ4n) is 6.48. The van der Waals surface area contributed by atoms with E-state index in [-0.39, 0.29) is 5.91 Å². The number of nitrogens with two attached hydrogens (primary N) is 3. The Kier molecular flexibility index (Phi) is 14.5. The van der Waals surface area contributed by atoms with Gasteiger partial charge in [0.05, 0.1) is 15.5 Å². The predicted molar refractivity (Wildman–Crippen MR) is 227 cm³/mol. The minimum Gasteiger partial charge on any atom is -0.368 e. The van der Waals surface area contributed by atoms with Gasteiger partial charge in [-0.15, -0.1) is 23.5 Å². The Balaban J connectivity index is 0.000000212. The lowest BCUT2D eigenvalue weighted by Crippen LogP contribution is -2.46. The number of benzene rings is 6. The van der Waals surface area contributed by atoms with E-state index in [9.17, 15) is 14.4 Å². The number of carbonyl (C=O) groups excluding carboxylic acids is 3. The first kappa shape index (κ1) is 40.6. The second-order valence-electron chi connectivity index (χ2n) is 12.8. The van der Waals surface area contributed by atoms with Crippen molar-refractivity contribution in [2.24, 2.45) is 17.2 Å². The van der Waals surface area contributed by atoms with Crippen LogP contribution in [0.2, 0.25) is 0 Å². The number of nitrogens with one attached hydrogen (secondary N) is 1. The molecule has 0 aliphatic rings. The van der Waals surface area contributed by atoms with E-state index in [1.807, 2.05) is 109 Å². The molecule has 0 aliphatic heterocycles. The fraction of sp³-hybridized carbons (Fsp3) is 0.152. The van der Waals surface area contributed by atoms with E-state index in [0.717, 1.165) is 33.4 Å². The summed E-state index contributed by atoms with van der Waals surface area (Å²) in [6, 6.07) is 60.0. The average molecular weight is 767 g/mol. The third kappa shape index (κ3) is 9.93. The molecule has 7 N–H and O–H groups in total. The zero-order chi connectivity index (χ0) is 39.1. The highest BCUT2D eigenvalue weighted by Crippen LogP contribution is 2.49. The van der Waals surface area contributed by atoms with Crippen molar-refractivity contribution in [1.29, 1.82) is 0 Å². The first-order chi connectivity index (χ1) is 26.7. The molecule has 9 heteroatoms. The molecule has 6 rings (SSSR count). The van der Waals surface area contributed by atoms with Gasteiger partial charge in [-0.25, -0.2) is 0 Å². The van der Waals surface area contributed by atoms with Gasteiger partial charge in [-0.1, -0.05) is 182 Å². The highest BCUT2D eigenvalue weighted by molar-refractivity contribution is 8.01. The molecule has 3 amide bonds. The number of hydrogen-bond donors (Lipinski definition) is 4. The van der Waals surface area contributed by atoms with E-state index in [4.69, 9.17) is 17.2 Å². The molecule has 0 spiro atoms. The lowest BCUT2D eigenvalue weighted by Gasteiger charge is -2.36. The summed E-state index contributed by atoms with van der Waals surface area (Å²) in [5.41, 5.74) is 23.6. The second-order valence-corrected chi connectivity index (χ2v) is 15.3. The lowest BCUT2D eigenvalue weighted by molar-refractivity contribution is -0.125. The van der Waals surface area contributed by atoms with Gasteiger partial charge >= 0.3 is 0 Å². The van der Waals surface area contributed by atoms with Crippen LogP contribution in [0.15, 0.2) is 182 Å². The van der Waals surface area contributed by atoms with Crippen molar-refractivity contribution < 1.29 is 14.4 Å². The second kappa shape index (κ2) is 19.6. The third-order valence-corrected chi connectivity index (χ3v) is 12.4. The van der Waals surface area contributed by atoms with Gasteiger partial charge in [0.15, 0.2) is 0 Å². The van der Waals surface area contributed by atoms with Crippen molar-refractivity contribution in [3.8, 4) is 0 Å². The van der Waals surface area contributed by atoms with Crippen molar-refractivity contribution in [3.05, 3.63) is 215 Å². The molecule has 0 heterocycles. The first-order valence-electron chi connectivity index (χ1n) is 17.9. The molecule has 55 heavy (non-hydrogen) atoms. The average Bonchev–Trinajstić information content (AvgIpc) is 3.23. The maximum absolute atomic E-state index is 12.0. The Labute approximate surface area is 332 Å². The van der Waals surface area contributed by atoms with E-state index in [1.54, 1.807) is 23.5 Å². The van der Waals surface area contributed by atoms with Crippen LogP contribution in [0.25, 0.3) is 0 Å². The number of hydrogen-bond acceptors (Lipinski definition) is 6. The number of carbonyl (C=O) groups is 3. The lowest BCUT2D eigenvalue weighted by atomic mass is 9.84. The summed E-state index contributed by atoms with van der Waals surface area (Å²) in [6.45, 7) is 1.39. The summed E-state index contributed by atoms with van der Waals surface area (Å²) >= 11 is 3.23. The number of amides is 3. The summed E-state index contributed by atoms with van der Waals surface area (Å²) in [5.74, 6) is -0.544. The largest absolute Gasteiger partial charge is 0.368 e. The van der Waals surface area contributed by atoms with Crippen molar-refractivity contribution in [3.63, 3.8) is 0 Å². The summed E-state index contributed by atoms with van der Waals surface area (Å²) < 4.78 is -1.03. The highest BCUT2D eigenvalue weighted by Gasteiger charge is 2.39. The van der Waals surface area contributed by atoms with Crippen LogP contribution in [-0.2, 0) is 23.9 Å².